The van der Waals surface area contributed by atoms with Crippen molar-refractivity contribution in [2.75, 3.05) is 25.1 Å². The quantitative estimate of drug-likeness (QED) is 0.620. The third-order valence-corrected chi connectivity index (χ3v) is 5.81. The molecule has 32 heavy (non-hydrogen) atoms. The zero-order valence-corrected chi connectivity index (χ0v) is 18.6. The van der Waals surface area contributed by atoms with Crippen molar-refractivity contribution in [1.82, 2.24) is 15.1 Å². The fraction of sp³-hybridized carbons (Fsp3) is 0.292. The second-order valence-electron chi connectivity index (χ2n) is 7.77. The van der Waals surface area contributed by atoms with Crippen LogP contribution in [0.4, 0.5) is 5.82 Å². The van der Waals surface area contributed by atoms with E-state index in [1.807, 2.05) is 24.3 Å². The molecule has 0 radical (unpaired) electrons. The van der Waals surface area contributed by atoms with Gasteiger partial charge in [0.05, 0.1) is 18.7 Å². The summed E-state index contributed by atoms with van der Waals surface area (Å²) in [6.07, 6.45) is 1.69. The summed E-state index contributed by atoms with van der Waals surface area (Å²) in [5.74, 6) is 1.25. The summed E-state index contributed by atoms with van der Waals surface area (Å²) >= 11 is 6.02. The SMILES string of the molecule is COc1ccc(-n2nc(N3CCCC(C(=O)NCc4cccc(Cl)c4)C3)ccc2=O)cc1. The Morgan fingerprint density at radius 1 is 1.19 bits per heavy atom. The number of nitrogens with zero attached hydrogens (tertiary/aromatic N) is 3. The smallest absolute Gasteiger partial charge is 0.271 e. The van der Waals surface area contributed by atoms with Crippen molar-refractivity contribution in [3.05, 3.63) is 81.6 Å². The van der Waals surface area contributed by atoms with E-state index in [1.165, 1.54) is 10.7 Å². The number of aromatic nitrogens is 2. The largest absolute Gasteiger partial charge is 0.497 e. The van der Waals surface area contributed by atoms with Gasteiger partial charge in [0.15, 0.2) is 0 Å². The average molecular weight is 453 g/mol. The number of hydrogen-bond donors (Lipinski definition) is 1. The number of nitrogens with one attached hydrogen (secondary N) is 1. The molecule has 1 saturated heterocycles. The molecule has 1 aliphatic rings. The van der Waals surface area contributed by atoms with E-state index in [-0.39, 0.29) is 17.4 Å². The molecule has 1 fully saturated rings. The van der Waals surface area contributed by atoms with Crippen molar-refractivity contribution < 1.29 is 9.53 Å². The van der Waals surface area contributed by atoms with Gasteiger partial charge in [-0.1, -0.05) is 23.7 Å². The normalized spacial score (nSPS) is 15.9. The molecule has 1 aliphatic heterocycles. The summed E-state index contributed by atoms with van der Waals surface area (Å²) in [4.78, 5) is 27.2. The van der Waals surface area contributed by atoms with E-state index in [0.29, 0.717) is 35.4 Å². The zero-order chi connectivity index (χ0) is 22.5. The highest BCUT2D eigenvalue weighted by molar-refractivity contribution is 6.30. The molecule has 1 atom stereocenters. The Bertz CT molecular complexity index is 1150. The van der Waals surface area contributed by atoms with Gasteiger partial charge in [0.2, 0.25) is 5.91 Å². The minimum absolute atomic E-state index is 0.0122. The minimum atomic E-state index is -0.216. The Balaban J connectivity index is 1.45. The molecule has 1 aromatic heterocycles. The van der Waals surface area contributed by atoms with E-state index in [9.17, 15) is 9.59 Å². The van der Waals surface area contributed by atoms with Gasteiger partial charge in [0.25, 0.3) is 5.56 Å². The van der Waals surface area contributed by atoms with Crippen LogP contribution in [-0.4, -0.2) is 35.9 Å². The third-order valence-electron chi connectivity index (χ3n) is 5.58. The molecule has 0 aliphatic carbocycles. The lowest BCUT2D eigenvalue weighted by molar-refractivity contribution is -0.125. The van der Waals surface area contributed by atoms with Crippen LogP contribution in [0.1, 0.15) is 18.4 Å². The monoisotopic (exact) mass is 452 g/mol. The Hall–Kier alpha value is -3.32. The second-order valence-corrected chi connectivity index (χ2v) is 8.21. The number of carbonyl (C=O) groups excluding carboxylic acids is 1. The predicted molar refractivity (Wildman–Crippen MR) is 125 cm³/mol. The molecule has 4 rings (SSSR count). The maximum atomic E-state index is 12.8. The first kappa shape index (κ1) is 21.9. The van der Waals surface area contributed by atoms with Crippen LogP contribution in [0.2, 0.25) is 5.02 Å². The Labute approximate surface area is 191 Å². The van der Waals surface area contributed by atoms with Gasteiger partial charge < -0.3 is 15.0 Å². The second kappa shape index (κ2) is 9.87. The molecule has 0 saturated carbocycles. The van der Waals surface area contributed by atoms with Gasteiger partial charge in [-0.15, -0.1) is 5.10 Å². The number of halogens is 1. The number of benzene rings is 2. The van der Waals surface area contributed by atoms with Gasteiger partial charge in [0.1, 0.15) is 11.6 Å². The lowest BCUT2D eigenvalue weighted by Gasteiger charge is -2.33. The molecule has 166 valence electrons. The molecule has 1 amide bonds. The van der Waals surface area contributed by atoms with Gasteiger partial charge in [-0.05, 0) is 60.9 Å². The fourth-order valence-electron chi connectivity index (χ4n) is 3.86. The summed E-state index contributed by atoms with van der Waals surface area (Å²) in [6, 6.07) is 17.9. The maximum absolute atomic E-state index is 12.8. The van der Waals surface area contributed by atoms with Crippen molar-refractivity contribution in [3.8, 4) is 11.4 Å². The van der Waals surface area contributed by atoms with Crippen LogP contribution in [0, 0.1) is 5.92 Å². The van der Waals surface area contributed by atoms with Gasteiger partial charge >= 0.3 is 0 Å². The summed E-state index contributed by atoms with van der Waals surface area (Å²) in [6.45, 7) is 1.78. The summed E-state index contributed by atoms with van der Waals surface area (Å²) in [5.41, 5.74) is 1.41. The number of piperidine rings is 1. The zero-order valence-electron chi connectivity index (χ0n) is 17.8. The van der Waals surface area contributed by atoms with E-state index in [1.54, 1.807) is 37.4 Å². The van der Waals surface area contributed by atoms with Crippen LogP contribution in [0.15, 0.2) is 65.5 Å². The van der Waals surface area contributed by atoms with E-state index in [4.69, 9.17) is 16.3 Å². The van der Waals surface area contributed by atoms with Crippen molar-refractivity contribution in [1.29, 1.82) is 0 Å². The Kier molecular flexibility index (Phi) is 6.75. The average Bonchev–Trinajstić information content (AvgIpc) is 2.83. The highest BCUT2D eigenvalue weighted by Crippen LogP contribution is 2.22. The molecule has 1 unspecified atom stereocenters. The van der Waals surface area contributed by atoms with E-state index in [0.717, 1.165) is 24.9 Å². The molecule has 2 heterocycles. The van der Waals surface area contributed by atoms with Crippen LogP contribution in [0.25, 0.3) is 5.69 Å². The summed E-state index contributed by atoms with van der Waals surface area (Å²) < 4.78 is 6.55. The van der Waals surface area contributed by atoms with Crippen LogP contribution in [0.3, 0.4) is 0 Å². The predicted octanol–water partition coefficient (Wildman–Crippen LogP) is 3.43. The molecule has 1 N–H and O–H groups in total. The lowest BCUT2D eigenvalue weighted by atomic mass is 9.97. The first-order valence-corrected chi connectivity index (χ1v) is 10.9. The number of carbonyl (C=O) groups is 1. The van der Waals surface area contributed by atoms with Crippen LogP contribution < -0.4 is 20.5 Å². The van der Waals surface area contributed by atoms with Crippen molar-refractivity contribution in [2.45, 2.75) is 19.4 Å². The molecule has 8 heteroatoms. The number of rotatable bonds is 6. The van der Waals surface area contributed by atoms with E-state index in [2.05, 4.69) is 15.3 Å². The molecular weight excluding hydrogens is 428 g/mol. The number of ether oxygens (including phenoxy) is 1. The van der Waals surface area contributed by atoms with Crippen molar-refractivity contribution >= 4 is 23.3 Å². The van der Waals surface area contributed by atoms with Crippen LogP contribution in [-0.2, 0) is 11.3 Å². The number of methoxy groups -OCH3 is 1. The number of anilines is 1. The highest BCUT2D eigenvalue weighted by Gasteiger charge is 2.26. The number of hydrogen-bond acceptors (Lipinski definition) is 5. The van der Waals surface area contributed by atoms with E-state index >= 15 is 0 Å². The minimum Gasteiger partial charge on any atom is -0.497 e. The summed E-state index contributed by atoms with van der Waals surface area (Å²) in [7, 11) is 1.60. The standard InChI is InChI=1S/C24H25ClN4O3/c1-32-21-9-7-20(8-10-21)29-23(30)12-11-22(27-29)28-13-3-5-18(16-28)24(31)26-15-17-4-2-6-19(25)14-17/h2,4,6-12,14,18H,3,5,13,15-16H2,1H3,(H,26,31). The molecule has 2 aromatic carbocycles. The first-order valence-electron chi connectivity index (χ1n) is 10.6. The van der Waals surface area contributed by atoms with Gasteiger partial charge in [-0.25, -0.2) is 0 Å². The maximum Gasteiger partial charge on any atom is 0.271 e. The first-order chi connectivity index (χ1) is 15.5. The van der Waals surface area contributed by atoms with Crippen molar-refractivity contribution in [3.63, 3.8) is 0 Å². The Morgan fingerprint density at radius 2 is 2.00 bits per heavy atom. The molecule has 7 nitrogen and oxygen atoms in total. The van der Waals surface area contributed by atoms with Gasteiger partial charge in [0, 0.05) is 30.7 Å². The van der Waals surface area contributed by atoms with Gasteiger partial charge in [-0.3, -0.25) is 9.59 Å². The fourth-order valence-corrected chi connectivity index (χ4v) is 4.07. The third kappa shape index (κ3) is 5.11. The van der Waals surface area contributed by atoms with Crippen LogP contribution >= 0.6 is 11.6 Å². The van der Waals surface area contributed by atoms with Crippen molar-refractivity contribution in [2.24, 2.45) is 5.92 Å². The lowest BCUT2D eigenvalue weighted by Crippen LogP contribution is -2.43. The van der Waals surface area contributed by atoms with E-state index < -0.39 is 0 Å². The molecule has 0 bridgehead atoms. The highest BCUT2D eigenvalue weighted by atomic mass is 35.5. The molecule has 3 aromatic rings. The molecular formula is C24H25ClN4O3. The number of amides is 1. The molecule has 0 spiro atoms. The van der Waals surface area contributed by atoms with Crippen LogP contribution in [0.5, 0.6) is 5.75 Å². The topological polar surface area (TPSA) is 76.5 Å². The van der Waals surface area contributed by atoms with Gasteiger partial charge in [-0.2, -0.15) is 4.68 Å². The Morgan fingerprint density at radius 3 is 2.75 bits per heavy atom. The summed E-state index contributed by atoms with van der Waals surface area (Å²) in [5, 5.41) is 8.23.